The average Bonchev–Trinajstić information content (AvgIpc) is 2.66. The minimum atomic E-state index is -0.202. The van der Waals surface area contributed by atoms with Gasteiger partial charge in [-0.05, 0) is 47.0 Å². The molecule has 3 nitrogen and oxygen atoms in total. The summed E-state index contributed by atoms with van der Waals surface area (Å²) in [6.45, 7) is 0. The van der Waals surface area contributed by atoms with Crippen LogP contribution in [0.1, 0.15) is 12.8 Å². The molecule has 98 valence electrons. The number of nitrogens with zero attached hydrogens (tertiary/aromatic N) is 1. The van der Waals surface area contributed by atoms with Gasteiger partial charge in [-0.15, -0.1) is 0 Å². The molecular weight excluding hydrogens is 330 g/mol. The molecule has 3 rings (SSSR count). The molecule has 2 atom stereocenters. The fourth-order valence-corrected chi connectivity index (χ4v) is 3.16. The number of carbonyl (C=O) groups excluding carboxylic acids is 2. The summed E-state index contributed by atoms with van der Waals surface area (Å²) in [5.41, 5.74) is 0.584. The van der Waals surface area contributed by atoms with E-state index in [1.54, 1.807) is 18.2 Å². The summed E-state index contributed by atoms with van der Waals surface area (Å²) in [7, 11) is 0. The number of anilines is 1. The maximum Gasteiger partial charge on any atom is 0.238 e. The van der Waals surface area contributed by atoms with Gasteiger partial charge in [-0.2, -0.15) is 0 Å². The van der Waals surface area contributed by atoms with E-state index in [1.165, 1.54) is 4.90 Å². The molecule has 1 aliphatic carbocycles. The largest absolute Gasteiger partial charge is 0.274 e. The molecule has 0 radical (unpaired) electrons. The third-order valence-corrected chi connectivity index (χ3v) is 4.88. The van der Waals surface area contributed by atoms with Crippen molar-refractivity contribution >= 4 is 45.0 Å². The van der Waals surface area contributed by atoms with Crippen molar-refractivity contribution in [1.82, 2.24) is 0 Å². The Balaban J connectivity index is 1.99. The van der Waals surface area contributed by atoms with Crippen LogP contribution < -0.4 is 4.90 Å². The Morgan fingerprint density at radius 3 is 2.21 bits per heavy atom. The van der Waals surface area contributed by atoms with E-state index >= 15 is 0 Å². The lowest BCUT2D eigenvalue weighted by Crippen LogP contribution is -2.30. The maximum absolute atomic E-state index is 12.4. The Labute approximate surface area is 124 Å². The molecule has 0 bridgehead atoms. The second-order valence-corrected chi connectivity index (χ2v) is 6.03. The van der Waals surface area contributed by atoms with E-state index in [-0.39, 0.29) is 23.7 Å². The number of carbonyl (C=O) groups is 2. The number of amides is 2. The van der Waals surface area contributed by atoms with E-state index in [0.29, 0.717) is 28.0 Å². The van der Waals surface area contributed by atoms with Gasteiger partial charge in [0.25, 0.3) is 0 Å². The Bertz CT molecular complexity index is 573. The van der Waals surface area contributed by atoms with E-state index in [4.69, 9.17) is 11.6 Å². The fraction of sp³-hybridized carbons (Fsp3) is 0.286. The molecule has 1 fully saturated rings. The van der Waals surface area contributed by atoms with Crippen LogP contribution in [-0.2, 0) is 9.59 Å². The van der Waals surface area contributed by atoms with Crippen molar-refractivity contribution in [2.24, 2.45) is 11.8 Å². The molecule has 0 saturated carbocycles. The second kappa shape index (κ2) is 4.76. The van der Waals surface area contributed by atoms with Crippen LogP contribution in [0, 0.1) is 11.8 Å². The molecule has 2 aliphatic rings. The van der Waals surface area contributed by atoms with E-state index in [0.717, 1.165) is 0 Å². The summed E-state index contributed by atoms with van der Waals surface area (Å²) in [4.78, 5) is 26.0. The van der Waals surface area contributed by atoms with Gasteiger partial charge in [0, 0.05) is 4.47 Å². The second-order valence-electron chi connectivity index (χ2n) is 4.77. The zero-order chi connectivity index (χ0) is 13.6. The molecule has 1 aliphatic heterocycles. The normalized spacial score (nSPS) is 25.9. The topological polar surface area (TPSA) is 37.4 Å². The van der Waals surface area contributed by atoms with Crippen molar-refractivity contribution in [1.29, 1.82) is 0 Å². The van der Waals surface area contributed by atoms with Gasteiger partial charge in [0.2, 0.25) is 11.8 Å². The third kappa shape index (κ3) is 2.03. The number of fused-ring (bicyclic) bond motifs is 1. The van der Waals surface area contributed by atoms with Gasteiger partial charge in [0.15, 0.2) is 0 Å². The van der Waals surface area contributed by atoms with Crippen LogP contribution >= 0.6 is 27.5 Å². The van der Waals surface area contributed by atoms with Gasteiger partial charge in [0.05, 0.1) is 22.5 Å². The van der Waals surface area contributed by atoms with Crippen molar-refractivity contribution in [2.45, 2.75) is 12.8 Å². The van der Waals surface area contributed by atoms with Gasteiger partial charge in [-0.3, -0.25) is 9.59 Å². The first kappa shape index (κ1) is 12.9. The van der Waals surface area contributed by atoms with Crippen LogP contribution in [0.4, 0.5) is 5.69 Å². The summed E-state index contributed by atoms with van der Waals surface area (Å²) < 4.78 is 0.681. The summed E-state index contributed by atoms with van der Waals surface area (Å²) in [5, 5.41) is 0.557. The van der Waals surface area contributed by atoms with Crippen molar-refractivity contribution in [3.63, 3.8) is 0 Å². The summed E-state index contributed by atoms with van der Waals surface area (Å²) in [6, 6.07) is 5.10. The summed E-state index contributed by atoms with van der Waals surface area (Å²) in [6.07, 6.45) is 5.27. The summed E-state index contributed by atoms with van der Waals surface area (Å²) in [5.74, 6) is -0.610. The van der Waals surface area contributed by atoms with Crippen molar-refractivity contribution in [3.05, 3.63) is 39.8 Å². The Morgan fingerprint density at radius 1 is 1.11 bits per heavy atom. The fourth-order valence-electron chi connectivity index (χ4n) is 2.68. The molecule has 1 aromatic rings. The van der Waals surface area contributed by atoms with Crippen LogP contribution in [0.25, 0.3) is 0 Å². The SMILES string of the molecule is O=C1[C@H]2CC=CC[C@H]2C(=O)N1c1ccc(Cl)c(Br)c1. The predicted molar refractivity (Wildman–Crippen MR) is 77.0 cm³/mol. The molecule has 0 unspecified atom stereocenters. The monoisotopic (exact) mass is 339 g/mol. The van der Waals surface area contributed by atoms with Gasteiger partial charge in [0.1, 0.15) is 0 Å². The first-order valence-corrected chi connectivity index (χ1v) is 7.24. The number of rotatable bonds is 1. The molecule has 2 amide bonds. The molecule has 1 saturated heterocycles. The minimum Gasteiger partial charge on any atom is -0.274 e. The number of halogens is 2. The van der Waals surface area contributed by atoms with Gasteiger partial charge in [-0.25, -0.2) is 4.90 Å². The molecule has 5 heteroatoms. The Kier molecular flexibility index (Phi) is 3.23. The van der Waals surface area contributed by atoms with Crippen molar-refractivity contribution in [2.75, 3.05) is 4.90 Å². The van der Waals surface area contributed by atoms with E-state index in [2.05, 4.69) is 15.9 Å². The van der Waals surface area contributed by atoms with Crippen LogP contribution in [0.3, 0.4) is 0 Å². The molecule has 1 heterocycles. The van der Waals surface area contributed by atoms with Crippen LogP contribution in [-0.4, -0.2) is 11.8 Å². The highest BCUT2D eigenvalue weighted by molar-refractivity contribution is 9.10. The minimum absolute atomic E-state index is 0.103. The molecule has 19 heavy (non-hydrogen) atoms. The number of imide groups is 1. The lowest BCUT2D eigenvalue weighted by atomic mass is 9.85. The maximum atomic E-state index is 12.4. The van der Waals surface area contributed by atoms with Gasteiger partial charge >= 0.3 is 0 Å². The summed E-state index contributed by atoms with van der Waals surface area (Å²) >= 11 is 9.25. The van der Waals surface area contributed by atoms with Gasteiger partial charge < -0.3 is 0 Å². The average molecular weight is 341 g/mol. The standard InChI is InChI=1S/C14H11BrClNO2/c15-11-7-8(5-6-12(11)16)17-13(18)9-3-1-2-4-10(9)14(17)19/h1-2,5-7,9-10H,3-4H2/t9-,10+. The van der Waals surface area contributed by atoms with Gasteiger partial charge in [-0.1, -0.05) is 23.8 Å². The molecule has 0 spiro atoms. The zero-order valence-electron chi connectivity index (χ0n) is 9.98. The first-order chi connectivity index (χ1) is 9.09. The molecule has 0 aromatic heterocycles. The lowest BCUT2D eigenvalue weighted by Gasteiger charge is -2.15. The highest BCUT2D eigenvalue weighted by Gasteiger charge is 2.47. The predicted octanol–water partition coefficient (Wildman–Crippen LogP) is 3.56. The van der Waals surface area contributed by atoms with Crippen LogP contribution in [0.15, 0.2) is 34.8 Å². The van der Waals surface area contributed by atoms with Crippen molar-refractivity contribution in [3.8, 4) is 0 Å². The number of hydrogen-bond donors (Lipinski definition) is 0. The molecule has 1 aromatic carbocycles. The Hall–Kier alpha value is -1.13. The molecule has 0 N–H and O–H groups in total. The highest BCUT2D eigenvalue weighted by atomic mass is 79.9. The number of hydrogen-bond acceptors (Lipinski definition) is 2. The third-order valence-electron chi connectivity index (χ3n) is 3.67. The quantitative estimate of drug-likeness (QED) is 0.579. The van der Waals surface area contributed by atoms with E-state index < -0.39 is 0 Å². The van der Waals surface area contributed by atoms with Crippen LogP contribution in [0.2, 0.25) is 5.02 Å². The smallest absolute Gasteiger partial charge is 0.238 e. The highest BCUT2D eigenvalue weighted by Crippen LogP contribution is 2.38. The molecular formula is C14H11BrClNO2. The zero-order valence-corrected chi connectivity index (χ0v) is 12.3. The number of benzene rings is 1. The number of allylic oxidation sites excluding steroid dienone is 2. The van der Waals surface area contributed by atoms with E-state index in [1.807, 2.05) is 12.2 Å². The first-order valence-electron chi connectivity index (χ1n) is 6.07. The van der Waals surface area contributed by atoms with Crippen molar-refractivity contribution < 1.29 is 9.59 Å². The lowest BCUT2D eigenvalue weighted by molar-refractivity contribution is -0.122. The van der Waals surface area contributed by atoms with E-state index in [9.17, 15) is 9.59 Å². The Morgan fingerprint density at radius 2 is 1.68 bits per heavy atom. The van der Waals surface area contributed by atoms with Crippen LogP contribution in [0.5, 0.6) is 0 Å².